The van der Waals surface area contributed by atoms with Gasteiger partial charge in [-0.2, -0.15) is 0 Å². The van der Waals surface area contributed by atoms with Gasteiger partial charge in [0.15, 0.2) is 0 Å². The average molecular weight is 226 g/mol. The van der Waals surface area contributed by atoms with Gasteiger partial charge in [-0.15, -0.1) is 0 Å². The van der Waals surface area contributed by atoms with Crippen LogP contribution in [0, 0.1) is 5.92 Å². The summed E-state index contributed by atoms with van der Waals surface area (Å²) >= 11 is 0. The van der Waals surface area contributed by atoms with E-state index >= 15 is 0 Å². The monoisotopic (exact) mass is 226 g/mol. The Balaban J connectivity index is 1.65. The maximum atomic E-state index is 11.8. The van der Waals surface area contributed by atoms with Crippen LogP contribution in [0.15, 0.2) is 0 Å². The summed E-state index contributed by atoms with van der Waals surface area (Å²) in [6.45, 7) is 3.44. The average Bonchev–Trinajstić information content (AvgIpc) is 2.38. The molecule has 0 saturated carbocycles. The molecule has 2 atom stereocenters. The summed E-state index contributed by atoms with van der Waals surface area (Å²) in [4.78, 5) is 11.8. The molecule has 2 unspecified atom stereocenters. The molecule has 2 rings (SSSR count). The summed E-state index contributed by atoms with van der Waals surface area (Å²) in [7, 11) is 0. The van der Waals surface area contributed by atoms with Crippen molar-refractivity contribution in [3.05, 3.63) is 0 Å². The maximum absolute atomic E-state index is 11.8. The molecule has 0 bridgehead atoms. The van der Waals surface area contributed by atoms with Crippen LogP contribution in [0.1, 0.15) is 32.1 Å². The number of carbonyl (C=O) groups excluding carboxylic acids is 1. The first-order valence-electron chi connectivity index (χ1n) is 6.45. The molecule has 0 aliphatic carbocycles. The predicted octanol–water partition coefficient (Wildman–Crippen LogP) is 0.671. The topological polar surface area (TPSA) is 50.4 Å². The minimum Gasteiger partial charge on any atom is -0.381 e. The minimum absolute atomic E-state index is 0.0401. The summed E-state index contributed by atoms with van der Waals surface area (Å²) in [5, 5.41) is 6.30. The van der Waals surface area contributed by atoms with Crippen molar-refractivity contribution in [2.75, 3.05) is 26.3 Å². The Morgan fingerprint density at radius 2 is 2.25 bits per heavy atom. The first-order valence-corrected chi connectivity index (χ1v) is 6.45. The van der Waals surface area contributed by atoms with Crippen LogP contribution >= 0.6 is 0 Å². The number of rotatable bonds is 3. The Hall–Kier alpha value is -0.610. The zero-order chi connectivity index (χ0) is 11.2. The zero-order valence-electron chi connectivity index (χ0n) is 9.84. The van der Waals surface area contributed by atoms with Gasteiger partial charge < -0.3 is 15.4 Å². The molecular formula is C12H22N2O2. The Morgan fingerprint density at radius 1 is 1.31 bits per heavy atom. The molecule has 2 aliphatic heterocycles. The lowest BCUT2D eigenvalue weighted by Crippen LogP contribution is -2.48. The lowest BCUT2D eigenvalue weighted by Gasteiger charge is -2.25. The van der Waals surface area contributed by atoms with Crippen molar-refractivity contribution in [2.45, 2.75) is 38.1 Å². The fourth-order valence-corrected chi connectivity index (χ4v) is 2.41. The van der Waals surface area contributed by atoms with E-state index < -0.39 is 0 Å². The second kappa shape index (κ2) is 6.21. The van der Waals surface area contributed by atoms with Crippen molar-refractivity contribution >= 4 is 5.91 Å². The molecule has 0 aromatic rings. The van der Waals surface area contributed by atoms with Crippen LogP contribution in [0.25, 0.3) is 0 Å². The van der Waals surface area contributed by atoms with Gasteiger partial charge in [0.1, 0.15) is 0 Å². The largest absolute Gasteiger partial charge is 0.381 e. The summed E-state index contributed by atoms with van der Waals surface area (Å²) < 4.78 is 5.39. The van der Waals surface area contributed by atoms with Gasteiger partial charge in [-0.25, -0.2) is 0 Å². The molecule has 4 nitrogen and oxygen atoms in total. The molecule has 0 aromatic carbocycles. The van der Waals surface area contributed by atoms with Crippen LogP contribution in [0.4, 0.5) is 0 Å². The Bertz CT molecular complexity index is 221. The van der Waals surface area contributed by atoms with Crippen molar-refractivity contribution in [1.29, 1.82) is 0 Å². The first kappa shape index (κ1) is 11.9. The highest BCUT2D eigenvalue weighted by Crippen LogP contribution is 2.12. The number of piperidine rings is 1. The molecule has 4 heteroatoms. The zero-order valence-corrected chi connectivity index (χ0v) is 9.84. The first-order chi connectivity index (χ1) is 7.86. The van der Waals surface area contributed by atoms with Gasteiger partial charge in [0.25, 0.3) is 0 Å². The van der Waals surface area contributed by atoms with Gasteiger partial charge in [0.05, 0.1) is 12.6 Å². The van der Waals surface area contributed by atoms with E-state index in [9.17, 15) is 4.79 Å². The highest BCUT2D eigenvalue weighted by molar-refractivity contribution is 5.81. The van der Waals surface area contributed by atoms with Crippen LogP contribution < -0.4 is 10.6 Å². The highest BCUT2D eigenvalue weighted by Gasteiger charge is 2.21. The van der Waals surface area contributed by atoms with Crippen LogP contribution in [-0.4, -0.2) is 38.3 Å². The van der Waals surface area contributed by atoms with E-state index in [1.807, 2.05) is 0 Å². The third-order valence-corrected chi connectivity index (χ3v) is 3.45. The van der Waals surface area contributed by atoms with Gasteiger partial charge >= 0.3 is 0 Å². The predicted molar refractivity (Wildman–Crippen MR) is 62.2 cm³/mol. The molecule has 92 valence electrons. The SMILES string of the molecule is O=C(NCC1CCCOC1)C1CCCCN1. The Morgan fingerprint density at radius 3 is 2.94 bits per heavy atom. The number of nitrogens with one attached hydrogen (secondary N) is 2. The molecule has 2 N–H and O–H groups in total. The molecule has 2 fully saturated rings. The number of ether oxygens (including phenoxy) is 1. The Labute approximate surface area is 97.1 Å². The summed E-state index contributed by atoms with van der Waals surface area (Å²) in [6.07, 6.45) is 5.64. The van der Waals surface area contributed by atoms with Gasteiger partial charge in [0, 0.05) is 13.2 Å². The minimum atomic E-state index is 0.0401. The van der Waals surface area contributed by atoms with E-state index in [2.05, 4.69) is 10.6 Å². The van der Waals surface area contributed by atoms with Crippen molar-refractivity contribution < 1.29 is 9.53 Å². The molecule has 0 aromatic heterocycles. The van der Waals surface area contributed by atoms with E-state index in [-0.39, 0.29) is 11.9 Å². The second-order valence-corrected chi connectivity index (χ2v) is 4.83. The molecule has 1 amide bonds. The molecule has 2 aliphatic rings. The van der Waals surface area contributed by atoms with Gasteiger partial charge in [0.2, 0.25) is 5.91 Å². The summed E-state index contributed by atoms with van der Waals surface area (Å²) in [5.41, 5.74) is 0. The second-order valence-electron chi connectivity index (χ2n) is 4.83. The van der Waals surface area contributed by atoms with E-state index in [1.54, 1.807) is 0 Å². The molecule has 2 heterocycles. The third-order valence-electron chi connectivity index (χ3n) is 3.45. The van der Waals surface area contributed by atoms with E-state index in [1.165, 1.54) is 12.8 Å². The molecule has 0 spiro atoms. The quantitative estimate of drug-likeness (QED) is 0.743. The van der Waals surface area contributed by atoms with E-state index in [0.717, 1.165) is 45.6 Å². The maximum Gasteiger partial charge on any atom is 0.237 e. The molecule has 16 heavy (non-hydrogen) atoms. The third kappa shape index (κ3) is 3.46. The van der Waals surface area contributed by atoms with E-state index in [0.29, 0.717) is 5.92 Å². The van der Waals surface area contributed by atoms with Crippen molar-refractivity contribution in [1.82, 2.24) is 10.6 Å². The molecular weight excluding hydrogens is 204 g/mol. The number of hydrogen-bond acceptors (Lipinski definition) is 3. The van der Waals surface area contributed by atoms with Crippen LogP contribution in [-0.2, 0) is 9.53 Å². The smallest absolute Gasteiger partial charge is 0.237 e. The van der Waals surface area contributed by atoms with E-state index in [4.69, 9.17) is 4.74 Å². The fourth-order valence-electron chi connectivity index (χ4n) is 2.41. The number of carbonyl (C=O) groups is 1. The van der Waals surface area contributed by atoms with Crippen molar-refractivity contribution in [2.24, 2.45) is 5.92 Å². The molecule has 0 radical (unpaired) electrons. The lowest BCUT2D eigenvalue weighted by atomic mass is 10.0. The number of hydrogen-bond donors (Lipinski definition) is 2. The number of amides is 1. The van der Waals surface area contributed by atoms with Gasteiger partial charge in [-0.3, -0.25) is 4.79 Å². The van der Waals surface area contributed by atoms with Gasteiger partial charge in [-0.05, 0) is 38.1 Å². The van der Waals surface area contributed by atoms with Crippen LogP contribution in [0.3, 0.4) is 0 Å². The summed E-state index contributed by atoms with van der Waals surface area (Å²) in [5.74, 6) is 0.687. The molecule has 2 saturated heterocycles. The lowest BCUT2D eigenvalue weighted by molar-refractivity contribution is -0.124. The fraction of sp³-hybridized carbons (Fsp3) is 0.917. The van der Waals surface area contributed by atoms with Crippen molar-refractivity contribution in [3.8, 4) is 0 Å². The van der Waals surface area contributed by atoms with Gasteiger partial charge in [-0.1, -0.05) is 6.42 Å². The normalized spacial score (nSPS) is 31.0. The summed E-state index contributed by atoms with van der Waals surface area (Å²) in [6, 6.07) is 0.0401. The van der Waals surface area contributed by atoms with Crippen LogP contribution in [0.5, 0.6) is 0 Å². The van der Waals surface area contributed by atoms with Crippen LogP contribution in [0.2, 0.25) is 0 Å². The highest BCUT2D eigenvalue weighted by atomic mass is 16.5. The van der Waals surface area contributed by atoms with Crippen molar-refractivity contribution in [3.63, 3.8) is 0 Å². The standard InChI is InChI=1S/C12H22N2O2/c15-12(11-5-1-2-6-13-11)14-8-10-4-3-7-16-9-10/h10-11,13H,1-9H2,(H,14,15). The Kier molecular flexibility index (Phi) is 4.60.